The van der Waals surface area contributed by atoms with Gasteiger partial charge in [0, 0.05) is 17.7 Å². The topological polar surface area (TPSA) is 91.9 Å². The highest BCUT2D eigenvalue weighted by Crippen LogP contribution is 2.18. The molecular weight excluding hydrogens is 350 g/mol. The summed E-state index contributed by atoms with van der Waals surface area (Å²) in [6, 6.07) is 15.3. The Hall–Kier alpha value is -2.93. The second-order valence-electron chi connectivity index (χ2n) is 6.16. The Kier molecular flexibility index (Phi) is 4.90. The van der Waals surface area contributed by atoms with Crippen molar-refractivity contribution in [1.29, 1.82) is 0 Å². The molecule has 26 heavy (non-hydrogen) atoms. The molecule has 0 atom stereocenters. The van der Waals surface area contributed by atoms with Gasteiger partial charge in [-0.05, 0) is 49.7 Å². The molecule has 0 aliphatic carbocycles. The van der Waals surface area contributed by atoms with E-state index in [4.69, 9.17) is 0 Å². The molecule has 7 heteroatoms. The number of hydrogen-bond donors (Lipinski definition) is 2. The molecule has 0 bridgehead atoms. The van der Waals surface area contributed by atoms with Crippen molar-refractivity contribution in [3.63, 3.8) is 0 Å². The van der Waals surface area contributed by atoms with Gasteiger partial charge in [0.1, 0.15) is 0 Å². The second-order valence-corrected chi connectivity index (χ2v) is 7.84. The normalized spacial score (nSPS) is 11.3. The van der Waals surface area contributed by atoms with Gasteiger partial charge >= 0.3 is 0 Å². The minimum absolute atomic E-state index is 0.168. The number of aromatic nitrogens is 2. The maximum absolute atomic E-state index is 12.5. The lowest BCUT2D eigenvalue weighted by Gasteiger charge is -2.09. The predicted octanol–water partition coefficient (Wildman–Crippen LogP) is 2.78. The van der Waals surface area contributed by atoms with Crippen molar-refractivity contribution in [2.75, 3.05) is 4.72 Å². The number of aromatic amines is 1. The van der Waals surface area contributed by atoms with Crippen molar-refractivity contribution in [2.24, 2.45) is 0 Å². The van der Waals surface area contributed by atoms with Gasteiger partial charge in [0.15, 0.2) is 0 Å². The van der Waals surface area contributed by atoms with Crippen LogP contribution in [0, 0.1) is 13.8 Å². The fourth-order valence-electron chi connectivity index (χ4n) is 2.53. The number of H-pyrrole nitrogens is 1. The highest BCUT2D eigenvalue weighted by molar-refractivity contribution is 7.92. The van der Waals surface area contributed by atoms with E-state index in [9.17, 15) is 13.2 Å². The summed E-state index contributed by atoms with van der Waals surface area (Å²) in [5.74, 6) is 0. The van der Waals surface area contributed by atoms with Crippen LogP contribution in [0.3, 0.4) is 0 Å². The lowest BCUT2D eigenvalue weighted by atomic mass is 10.1. The van der Waals surface area contributed by atoms with Crippen molar-refractivity contribution in [1.82, 2.24) is 10.2 Å². The highest BCUT2D eigenvalue weighted by atomic mass is 32.2. The van der Waals surface area contributed by atoms with Crippen molar-refractivity contribution in [2.45, 2.75) is 25.2 Å². The minimum atomic E-state index is -3.66. The number of anilines is 1. The zero-order chi connectivity index (χ0) is 18.7. The van der Waals surface area contributed by atoms with Crippen LogP contribution in [0.1, 0.15) is 22.4 Å². The molecule has 6 nitrogen and oxygen atoms in total. The Morgan fingerprint density at radius 2 is 1.65 bits per heavy atom. The standard InChI is InChI=1S/C19H19N3O3S/c1-13-3-7-17(8-4-13)22-26(24,25)18-9-5-15(6-10-18)12-16-11-14(2)20-21-19(16)23/h3-11,22H,12H2,1-2H3,(H,21,23). The molecule has 0 spiro atoms. The van der Waals surface area contributed by atoms with Crippen molar-refractivity contribution < 1.29 is 8.42 Å². The summed E-state index contributed by atoms with van der Waals surface area (Å²) in [5, 5.41) is 6.29. The van der Waals surface area contributed by atoms with Crippen LogP contribution >= 0.6 is 0 Å². The van der Waals surface area contributed by atoms with E-state index in [2.05, 4.69) is 14.9 Å². The van der Waals surface area contributed by atoms with Gasteiger partial charge in [-0.15, -0.1) is 0 Å². The summed E-state index contributed by atoms with van der Waals surface area (Å²) >= 11 is 0. The van der Waals surface area contributed by atoms with E-state index in [0.29, 0.717) is 17.7 Å². The first-order chi connectivity index (χ1) is 12.3. The van der Waals surface area contributed by atoms with Gasteiger partial charge in [-0.1, -0.05) is 29.8 Å². The van der Waals surface area contributed by atoms with Crippen LogP contribution in [0.5, 0.6) is 0 Å². The monoisotopic (exact) mass is 369 g/mol. The number of aryl methyl sites for hydroxylation is 2. The molecule has 0 unspecified atom stereocenters. The lowest BCUT2D eigenvalue weighted by Crippen LogP contribution is -2.15. The Balaban J connectivity index is 1.79. The summed E-state index contributed by atoms with van der Waals surface area (Å²) in [4.78, 5) is 12.0. The smallest absolute Gasteiger partial charge is 0.267 e. The van der Waals surface area contributed by atoms with Gasteiger partial charge in [0.2, 0.25) is 0 Å². The van der Waals surface area contributed by atoms with Gasteiger partial charge in [0.25, 0.3) is 15.6 Å². The maximum atomic E-state index is 12.5. The fourth-order valence-corrected chi connectivity index (χ4v) is 3.59. The first-order valence-corrected chi connectivity index (χ1v) is 9.55. The zero-order valence-corrected chi connectivity index (χ0v) is 15.3. The summed E-state index contributed by atoms with van der Waals surface area (Å²) < 4.78 is 27.5. The van der Waals surface area contributed by atoms with Crippen LogP contribution in [0.4, 0.5) is 5.69 Å². The molecule has 0 saturated carbocycles. The Labute approximate surface area is 152 Å². The summed E-state index contributed by atoms with van der Waals surface area (Å²) in [6.07, 6.45) is 0.407. The molecule has 0 aliphatic rings. The highest BCUT2D eigenvalue weighted by Gasteiger charge is 2.14. The van der Waals surface area contributed by atoms with Gasteiger partial charge in [0.05, 0.1) is 10.6 Å². The molecule has 1 aromatic heterocycles. The largest absolute Gasteiger partial charge is 0.280 e. The molecular formula is C19H19N3O3S. The molecule has 2 aromatic carbocycles. The molecule has 0 fully saturated rings. The van der Waals surface area contributed by atoms with E-state index < -0.39 is 10.0 Å². The van der Waals surface area contributed by atoms with Crippen LogP contribution in [0.2, 0.25) is 0 Å². The van der Waals surface area contributed by atoms with E-state index in [1.165, 1.54) is 12.1 Å². The third kappa shape index (κ3) is 4.18. The SMILES string of the molecule is Cc1ccc(NS(=O)(=O)c2ccc(Cc3cc(C)n[nH]c3=O)cc2)cc1. The quantitative estimate of drug-likeness (QED) is 0.723. The van der Waals surface area contributed by atoms with Crippen LogP contribution in [-0.2, 0) is 16.4 Å². The average Bonchev–Trinajstić information content (AvgIpc) is 2.60. The average molecular weight is 369 g/mol. The molecule has 1 heterocycles. The molecule has 0 aliphatic heterocycles. The first-order valence-electron chi connectivity index (χ1n) is 8.07. The minimum Gasteiger partial charge on any atom is -0.280 e. The van der Waals surface area contributed by atoms with E-state index >= 15 is 0 Å². The summed E-state index contributed by atoms with van der Waals surface area (Å²) in [6.45, 7) is 3.73. The van der Waals surface area contributed by atoms with E-state index in [1.807, 2.05) is 19.1 Å². The van der Waals surface area contributed by atoms with Crippen LogP contribution < -0.4 is 10.3 Å². The van der Waals surface area contributed by atoms with Gasteiger partial charge in [-0.25, -0.2) is 13.5 Å². The van der Waals surface area contributed by atoms with Crippen molar-refractivity contribution in [3.05, 3.63) is 87.3 Å². The number of sulfonamides is 1. The molecule has 0 saturated heterocycles. The van der Waals surface area contributed by atoms with Crippen LogP contribution in [-0.4, -0.2) is 18.6 Å². The molecule has 0 amide bonds. The van der Waals surface area contributed by atoms with E-state index in [-0.39, 0.29) is 10.5 Å². The summed E-state index contributed by atoms with van der Waals surface area (Å²) in [5.41, 5.74) is 3.48. The van der Waals surface area contributed by atoms with Gasteiger partial charge in [-0.2, -0.15) is 5.10 Å². The second kappa shape index (κ2) is 7.13. The molecule has 0 radical (unpaired) electrons. The summed E-state index contributed by atoms with van der Waals surface area (Å²) in [7, 11) is -3.66. The Morgan fingerprint density at radius 3 is 2.31 bits per heavy atom. The molecule has 2 N–H and O–H groups in total. The van der Waals surface area contributed by atoms with Crippen molar-refractivity contribution >= 4 is 15.7 Å². The number of benzene rings is 2. The van der Waals surface area contributed by atoms with E-state index in [0.717, 1.165) is 16.8 Å². The van der Waals surface area contributed by atoms with Gasteiger partial charge in [-0.3, -0.25) is 9.52 Å². The third-order valence-corrected chi connectivity index (χ3v) is 5.34. The van der Waals surface area contributed by atoms with Gasteiger partial charge < -0.3 is 0 Å². The number of nitrogens with one attached hydrogen (secondary N) is 2. The third-order valence-electron chi connectivity index (χ3n) is 3.94. The number of hydrogen-bond acceptors (Lipinski definition) is 4. The van der Waals surface area contributed by atoms with Crippen molar-refractivity contribution in [3.8, 4) is 0 Å². The molecule has 3 aromatic rings. The lowest BCUT2D eigenvalue weighted by molar-refractivity contribution is 0.601. The van der Waals surface area contributed by atoms with Crippen LogP contribution in [0.15, 0.2) is 64.3 Å². The fraction of sp³-hybridized carbons (Fsp3) is 0.158. The zero-order valence-electron chi connectivity index (χ0n) is 14.5. The maximum Gasteiger partial charge on any atom is 0.267 e. The first kappa shape index (κ1) is 17.9. The number of nitrogens with zero attached hydrogens (tertiary/aromatic N) is 1. The molecule has 3 rings (SSSR count). The Morgan fingerprint density at radius 1 is 1.00 bits per heavy atom. The Bertz CT molecular complexity index is 1070. The van der Waals surface area contributed by atoms with Crippen LogP contribution in [0.25, 0.3) is 0 Å². The molecule has 134 valence electrons. The predicted molar refractivity (Wildman–Crippen MR) is 101 cm³/mol. The number of rotatable bonds is 5. The van der Waals surface area contributed by atoms with E-state index in [1.54, 1.807) is 37.3 Å².